The van der Waals surface area contributed by atoms with E-state index in [0.29, 0.717) is 0 Å². The van der Waals surface area contributed by atoms with Crippen LogP contribution in [0, 0.1) is 0 Å². The van der Waals surface area contributed by atoms with Crippen LogP contribution in [-0.2, 0) is 5.41 Å². The fourth-order valence-electron chi connectivity index (χ4n) is 2.12. The van der Waals surface area contributed by atoms with Gasteiger partial charge >= 0.3 is 0 Å². The lowest BCUT2D eigenvalue weighted by molar-refractivity contribution is 0.504. The Hall–Kier alpha value is -1.05. The zero-order valence-corrected chi connectivity index (χ0v) is 10.7. The highest BCUT2D eigenvalue weighted by atomic mass is 15.2. The Morgan fingerprint density at radius 1 is 1.25 bits per heavy atom. The summed E-state index contributed by atoms with van der Waals surface area (Å²) in [5, 5.41) is 0. The van der Waals surface area contributed by atoms with E-state index in [9.17, 15) is 0 Å². The smallest absolute Gasteiger partial charge is 0.128 e. The molecule has 1 fully saturated rings. The standard InChI is InChI=1S/C14H22N2/c1-4-14(2,3)12-7-8-13(15-11-12)16-9-5-6-10-16/h7-8,11H,4-6,9-10H2,1-3H3. The fourth-order valence-corrected chi connectivity index (χ4v) is 2.12. The summed E-state index contributed by atoms with van der Waals surface area (Å²) in [4.78, 5) is 6.98. The van der Waals surface area contributed by atoms with Crippen molar-refractivity contribution in [1.29, 1.82) is 0 Å². The van der Waals surface area contributed by atoms with Gasteiger partial charge in [-0.1, -0.05) is 26.8 Å². The van der Waals surface area contributed by atoms with Crippen molar-refractivity contribution in [3.8, 4) is 0 Å². The summed E-state index contributed by atoms with van der Waals surface area (Å²) in [6, 6.07) is 4.42. The highest BCUT2D eigenvalue weighted by Crippen LogP contribution is 2.27. The molecule has 2 rings (SSSR count). The molecular weight excluding hydrogens is 196 g/mol. The van der Waals surface area contributed by atoms with Gasteiger partial charge in [0, 0.05) is 19.3 Å². The third-order valence-corrected chi connectivity index (χ3v) is 3.84. The Labute approximate surface area is 98.7 Å². The van der Waals surface area contributed by atoms with Crippen molar-refractivity contribution < 1.29 is 0 Å². The number of anilines is 1. The maximum Gasteiger partial charge on any atom is 0.128 e. The molecule has 1 aromatic rings. The third kappa shape index (κ3) is 2.21. The first-order chi connectivity index (χ1) is 7.63. The Bertz CT molecular complexity index is 334. The van der Waals surface area contributed by atoms with Gasteiger partial charge in [0.05, 0.1) is 0 Å². The highest BCUT2D eigenvalue weighted by Gasteiger charge is 2.19. The number of rotatable bonds is 3. The van der Waals surface area contributed by atoms with Gasteiger partial charge in [-0.3, -0.25) is 0 Å². The van der Waals surface area contributed by atoms with Crippen LogP contribution >= 0.6 is 0 Å². The van der Waals surface area contributed by atoms with Gasteiger partial charge in [0.1, 0.15) is 5.82 Å². The Kier molecular flexibility index (Phi) is 3.17. The molecule has 2 heteroatoms. The van der Waals surface area contributed by atoms with Crippen LogP contribution in [0.4, 0.5) is 5.82 Å². The van der Waals surface area contributed by atoms with Crippen LogP contribution in [0.15, 0.2) is 18.3 Å². The third-order valence-electron chi connectivity index (χ3n) is 3.84. The minimum atomic E-state index is 0.247. The van der Waals surface area contributed by atoms with Crippen LogP contribution in [0.3, 0.4) is 0 Å². The van der Waals surface area contributed by atoms with Gasteiger partial charge in [-0.2, -0.15) is 0 Å². The largest absolute Gasteiger partial charge is 0.357 e. The molecule has 0 atom stereocenters. The van der Waals surface area contributed by atoms with Crippen molar-refractivity contribution in [2.24, 2.45) is 0 Å². The van der Waals surface area contributed by atoms with Crippen molar-refractivity contribution in [2.75, 3.05) is 18.0 Å². The van der Waals surface area contributed by atoms with Crippen LogP contribution in [-0.4, -0.2) is 18.1 Å². The first-order valence-electron chi connectivity index (χ1n) is 6.35. The highest BCUT2D eigenvalue weighted by molar-refractivity contribution is 5.41. The summed E-state index contributed by atoms with van der Waals surface area (Å²) in [7, 11) is 0. The zero-order valence-electron chi connectivity index (χ0n) is 10.7. The number of nitrogens with zero attached hydrogens (tertiary/aromatic N) is 2. The summed E-state index contributed by atoms with van der Waals surface area (Å²) in [6.07, 6.45) is 5.82. The molecule has 1 aliphatic rings. The van der Waals surface area contributed by atoms with Crippen LogP contribution < -0.4 is 4.90 Å². The van der Waals surface area contributed by atoms with Crippen LogP contribution in [0.1, 0.15) is 45.6 Å². The van der Waals surface area contributed by atoms with E-state index in [2.05, 4.69) is 49.0 Å². The molecule has 0 radical (unpaired) electrons. The second-order valence-electron chi connectivity index (χ2n) is 5.34. The van der Waals surface area contributed by atoms with Crippen LogP contribution in [0.2, 0.25) is 0 Å². The molecule has 0 aliphatic carbocycles. The Morgan fingerprint density at radius 2 is 1.94 bits per heavy atom. The second-order valence-corrected chi connectivity index (χ2v) is 5.34. The minimum absolute atomic E-state index is 0.247. The predicted molar refractivity (Wildman–Crippen MR) is 69.0 cm³/mol. The fraction of sp³-hybridized carbons (Fsp3) is 0.643. The van der Waals surface area contributed by atoms with Crippen molar-refractivity contribution in [3.05, 3.63) is 23.9 Å². The summed E-state index contributed by atoms with van der Waals surface area (Å²) in [6.45, 7) is 9.13. The molecule has 0 saturated carbocycles. The number of aromatic nitrogens is 1. The van der Waals surface area contributed by atoms with Crippen LogP contribution in [0.5, 0.6) is 0 Å². The van der Waals surface area contributed by atoms with Gasteiger partial charge in [0.2, 0.25) is 0 Å². The lowest BCUT2D eigenvalue weighted by Crippen LogP contribution is -2.20. The Morgan fingerprint density at radius 3 is 2.44 bits per heavy atom. The molecule has 1 saturated heterocycles. The van der Waals surface area contributed by atoms with E-state index in [0.717, 1.165) is 12.2 Å². The topological polar surface area (TPSA) is 16.1 Å². The van der Waals surface area contributed by atoms with Gasteiger partial charge in [-0.15, -0.1) is 0 Å². The van der Waals surface area contributed by atoms with E-state index >= 15 is 0 Å². The summed E-state index contributed by atoms with van der Waals surface area (Å²) in [5.41, 5.74) is 1.59. The maximum absolute atomic E-state index is 4.60. The van der Waals surface area contributed by atoms with E-state index in [4.69, 9.17) is 0 Å². The van der Waals surface area contributed by atoms with E-state index in [1.54, 1.807) is 0 Å². The number of pyridine rings is 1. The van der Waals surface area contributed by atoms with Crippen molar-refractivity contribution in [1.82, 2.24) is 4.98 Å². The molecule has 0 aromatic carbocycles. The van der Waals surface area contributed by atoms with Gasteiger partial charge < -0.3 is 4.90 Å². The van der Waals surface area contributed by atoms with Crippen molar-refractivity contribution >= 4 is 5.82 Å². The molecule has 1 aliphatic heterocycles. The van der Waals surface area contributed by atoms with Crippen molar-refractivity contribution in [3.63, 3.8) is 0 Å². The van der Waals surface area contributed by atoms with Gasteiger partial charge in [0.25, 0.3) is 0 Å². The van der Waals surface area contributed by atoms with E-state index in [1.807, 2.05) is 0 Å². The monoisotopic (exact) mass is 218 g/mol. The molecule has 88 valence electrons. The molecule has 2 nitrogen and oxygen atoms in total. The average Bonchev–Trinajstić information content (AvgIpc) is 2.83. The molecule has 0 N–H and O–H groups in total. The Balaban J connectivity index is 2.15. The molecule has 0 bridgehead atoms. The van der Waals surface area contributed by atoms with E-state index in [-0.39, 0.29) is 5.41 Å². The predicted octanol–water partition coefficient (Wildman–Crippen LogP) is 3.37. The van der Waals surface area contributed by atoms with E-state index in [1.165, 1.54) is 31.5 Å². The molecule has 0 amide bonds. The molecule has 0 unspecified atom stereocenters. The lowest BCUT2D eigenvalue weighted by atomic mass is 9.83. The molecule has 0 spiro atoms. The van der Waals surface area contributed by atoms with Gasteiger partial charge in [0.15, 0.2) is 0 Å². The summed E-state index contributed by atoms with van der Waals surface area (Å²) < 4.78 is 0. The first kappa shape index (κ1) is 11.4. The maximum atomic E-state index is 4.60. The van der Waals surface area contributed by atoms with Gasteiger partial charge in [-0.05, 0) is 36.3 Å². The average molecular weight is 218 g/mol. The lowest BCUT2D eigenvalue weighted by Gasteiger charge is -2.24. The molecule has 2 heterocycles. The molecular formula is C14H22N2. The SMILES string of the molecule is CCC(C)(C)c1ccc(N2CCCC2)nc1. The summed E-state index contributed by atoms with van der Waals surface area (Å²) >= 11 is 0. The quantitative estimate of drug-likeness (QED) is 0.773. The number of hydrogen-bond donors (Lipinski definition) is 0. The molecule has 1 aromatic heterocycles. The second kappa shape index (κ2) is 4.44. The number of hydrogen-bond acceptors (Lipinski definition) is 2. The zero-order chi connectivity index (χ0) is 11.6. The first-order valence-corrected chi connectivity index (χ1v) is 6.35. The normalized spacial score (nSPS) is 16.8. The molecule has 16 heavy (non-hydrogen) atoms. The summed E-state index contributed by atoms with van der Waals surface area (Å²) in [5.74, 6) is 1.15. The van der Waals surface area contributed by atoms with E-state index < -0.39 is 0 Å². The minimum Gasteiger partial charge on any atom is -0.357 e. The van der Waals surface area contributed by atoms with Crippen molar-refractivity contribution in [2.45, 2.75) is 45.4 Å². The van der Waals surface area contributed by atoms with Crippen LogP contribution in [0.25, 0.3) is 0 Å². The van der Waals surface area contributed by atoms with Gasteiger partial charge in [-0.25, -0.2) is 4.98 Å².